The van der Waals surface area contributed by atoms with Gasteiger partial charge in [0.15, 0.2) is 5.75 Å². The lowest BCUT2D eigenvalue weighted by atomic mass is 10.3. The summed E-state index contributed by atoms with van der Waals surface area (Å²) in [7, 11) is 0. The Hall–Kier alpha value is -1.78. The molecule has 0 aromatic carbocycles. The molecule has 0 radical (unpaired) electrons. The maximum Gasteiger partial charge on any atom is 0.153 e. The Morgan fingerprint density at radius 2 is 2.19 bits per heavy atom. The van der Waals surface area contributed by atoms with Gasteiger partial charge in [-0.2, -0.15) is 10.2 Å². The summed E-state index contributed by atoms with van der Waals surface area (Å²) in [6.45, 7) is 5.65. The number of rotatable bonds is 4. The molecule has 5 nitrogen and oxygen atoms in total. The highest BCUT2D eigenvalue weighted by Gasteiger charge is 2.06. The molecule has 0 bridgehead atoms. The van der Waals surface area contributed by atoms with Crippen LogP contribution in [-0.4, -0.2) is 24.7 Å². The standard InChI is InChI=1S/C11H16N4O/c1-3-9-5-10(15(4-2)13-9)7-14-8-11(16)6-12-14/h5-6,8,16H,3-4,7H2,1-2H3. The van der Waals surface area contributed by atoms with Crippen LogP contribution in [0.5, 0.6) is 5.75 Å². The van der Waals surface area contributed by atoms with Gasteiger partial charge in [0.1, 0.15) is 0 Å². The van der Waals surface area contributed by atoms with Gasteiger partial charge in [0, 0.05) is 6.54 Å². The minimum atomic E-state index is 0.193. The van der Waals surface area contributed by atoms with Crippen molar-refractivity contribution in [3.63, 3.8) is 0 Å². The van der Waals surface area contributed by atoms with Crippen LogP contribution in [0.3, 0.4) is 0 Å². The molecule has 5 heteroatoms. The Kier molecular flexibility index (Phi) is 2.94. The van der Waals surface area contributed by atoms with E-state index < -0.39 is 0 Å². The van der Waals surface area contributed by atoms with Crippen LogP contribution in [0.4, 0.5) is 0 Å². The van der Waals surface area contributed by atoms with Crippen molar-refractivity contribution in [2.45, 2.75) is 33.4 Å². The van der Waals surface area contributed by atoms with E-state index in [0.717, 1.165) is 24.4 Å². The van der Waals surface area contributed by atoms with Crippen LogP contribution >= 0.6 is 0 Å². The Balaban J connectivity index is 2.22. The average Bonchev–Trinajstić information content (AvgIpc) is 2.85. The minimum absolute atomic E-state index is 0.193. The number of hydrogen-bond acceptors (Lipinski definition) is 3. The molecule has 0 saturated heterocycles. The number of nitrogens with zero attached hydrogens (tertiary/aromatic N) is 4. The predicted octanol–water partition coefficient (Wildman–Crippen LogP) is 1.42. The maximum absolute atomic E-state index is 9.20. The summed E-state index contributed by atoms with van der Waals surface area (Å²) in [4.78, 5) is 0. The van der Waals surface area contributed by atoms with E-state index in [0.29, 0.717) is 6.54 Å². The van der Waals surface area contributed by atoms with E-state index in [-0.39, 0.29) is 5.75 Å². The highest BCUT2D eigenvalue weighted by molar-refractivity contribution is 5.13. The van der Waals surface area contributed by atoms with Crippen molar-refractivity contribution in [1.82, 2.24) is 19.6 Å². The topological polar surface area (TPSA) is 55.9 Å². The number of aryl methyl sites for hydroxylation is 2. The molecule has 16 heavy (non-hydrogen) atoms. The van der Waals surface area contributed by atoms with E-state index in [2.05, 4.69) is 30.1 Å². The molecule has 2 aromatic rings. The summed E-state index contributed by atoms with van der Waals surface area (Å²) in [5.41, 5.74) is 2.20. The Morgan fingerprint density at radius 3 is 2.75 bits per heavy atom. The van der Waals surface area contributed by atoms with Crippen LogP contribution < -0.4 is 0 Å². The largest absolute Gasteiger partial charge is 0.505 e. The van der Waals surface area contributed by atoms with Crippen molar-refractivity contribution in [3.8, 4) is 5.75 Å². The molecule has 86 valence electrons. The molecule has 2 rings (SSSR count). The van der Waals surface area contributed by atoms with Gasteiger partial charge < -0.3 is 5.11 Å². The lowest BCUT2D eigenvalue weighted by Gasteiger charge is -2.03. The first-order chi connectivity index (χ1) is 7.72. The van der Waals surface area contributed by atoms with Crippen molar-refractivity contribution >= 4 is 0 Å². The molecule has 2 heterocycles. The quantitative estimate of drug-likeness (QED) is 0.847. The van der Waals surface area contributed by atoms with Crippen molar-refractivity contribution in [1.29, 1.82) is 0 Å². The molecule has 0 atom stereocenters. The minimum Gasteiger partial charge on any atom is -0.505 e. The van der Waals surface area contributed by atoms with Crippen LogP contribution in [0, 0.1) is 0 Å². The summed E-state index contributed by atoms with van der Waals surface area (Å²) in [6, 6.07) is 2.09. The molecule has 0 aliphatic heterocycles. The summed E-state index contributed by atoms with van der Waals surface area (Å²) in [5.74, 6) is 0.193. The van der Waals surface area contributed by atoms with Crippen LogP contribution in [0.2, 0.25) is 0 Å². The van der Waals surface area contributed by atoms with Gasteiger partial charge in [-0.15, -0.1) is 0 Å². The first-order valence-electron chi connectivity index (χ1n) is 5.50. The first-order valence-corrected chi connectivity index (χ1v) is 5.50. The van der Waals surface area contributed by atoms with E-state index in [1.165, 1.54) is 6.20 Å². The second-order valence-corrected chi connectivity index (χ2v) is 3.69. The first kappa shape index (κ1) is 10.7. The van der Waals surface area contributed by atoms with Gasteiger partial charge in [-0.25, -0.2) is 0 Å². The fourth-order valence-electron chi connectivity index (χ4n) is 1.69. The van der Waals surface area contributed by atoms with Gasteiger partial charge in [-0.1, -0.05) is 6.92 Å². The zero-order chi connectivity index (χ0) is 11.5. The molecule has 0 spiro atoms. The second-order valence-electron chi connectivity index (χ2n) is 3.69. The van der Waals surface area contributed by atoms with E-state index in [4.69, 9.17) is 0 Å². The van der Waals surface area contributed by atoms with Crippen LogP contribution in [0.25, 0.3) is 0 Å². The Bertz CT molecular complexity index is 472. The third-order valence-corrected chi connectivity index (χ3v) is 2.52. The highest BCUT2D eigenvalue weighted by Crippen LogP contribution is 2.10. The fraction of sp³-hybridized carbons (Fsp3) is 0.455. The predicted molar refractivity (Wildman–Crippen MR) is 60.3 cm³/mol. The second kappa shape index (κ2) is 4.38. The summed E-state index contributed by atoms with van der Waals surface area (Å²) >= 11 is 0. The van der Waals surface area contributed by atoms with Crippen molar-refractivity contribution in [3.05, 3.63) is 29.8 Å². The molecule has 2 aromatic heterocycles. The van der Waals surface area contributed by atoms with E-state index in [9.17, 15) is 5.11 Å². The SMILES string of the molecule is CCc1cc(Cn2cc(O)cn2)n(CC)n1. The van der Waals surface area contributed by atoms with Gasteiger partial charge in [0.25, 0.3) is 0 Å². The number of aromatic hydroxyl groups is 1. The van der Waals surface area contributed by atoms with E-state index >= 15 is 0 Å². The monoisotopic (exact) mass is 220 g/mol. The number of aromatic nitrogens is 4. The van der Waals surface area contributed by atoms with Gasteiger partial charge in [-0.05, 0) is 19.4 Å². The molecule has 0 unspecified atom stereocenters. The maximum atomic E-state index is 9.20. The van der Waals surface area contributed by atoms with E-state index in [1.807, 2.05) is 4.68 Å². The molecule has 0 amide bonds. The molecular formula is C11H16N4O. The summed E-state index contributed by atoms with van der Waals surface area (Å²) in [6.07, 6.45) is 3.98. The molecule has 0 fully saturated rings. The highest BCUT2D eigenvalue weighted by atomic mass is 16.3. The Labute approximate surface area is 94.3 Å². The molecular weight excluding hydrogens is 204 g/mol. The Morgan fingerprint density at radius 1 is 1.38 bits per heavy atom. The third kappa shape index (κ3) is 2.08. The van der Waals surface area contributed by atoms with E-state index in [1.54, 1.807) is 10.9 Å². The van der Waals surface area contributed by atoms with Gasteiger partial charge in [0.05, 0.1) is 30.3 Å². The molecule has 0 saturated carbocycles. The van der Waals surface area contributed by atoms with Crippen molar-refractivity contribution < 1.29 is 5.11 Å². The molecule has 1 N–H and O–H groups in total. The van der Waals surface area contributed by atoms with Crippen molar-refractivity contribution in [2.75, 3.05) is 0 Å². The van der Waals surface area contributed by atoms with Crippen molar-refractivity contribution in [2.24, 2.45) is 0 Å². The zero-order valence-electron chi connectivity index (χ0n) is 9.59. The lowest BCUT2D eigenvalue weighted by molar-refractivity contribution is 0.473. The smallest absolute Gasteiger partial charge is 0.153 e. The molecule has 0 aliphatic rings. The average molecular weight is 220 g/mol. The fourth-order valence-corrected chi connectivity index (χ4v) is 1.69. The van der Waals surface area contributed by atoms with Crippen LogP contribution in [-0.2, 0) is 19.5 Å². The van der Waals surface area contributed by atoms with Crippen LogP contribution in [0.1, 0.15) is 25.2 Å². The van der Waals surface area contributed by atoms with Gasteiger partial charge >= 0.3 is 0 Å². The third-order valence-electron chi connectivity index (χ3n) is 2.52. The van der Waals surface area contributed by atoms with Crippen LogP contribution in [0.15, 0.2) is 18.5 Å². The molecule has 0 aliphatic carbocycles. The lowest BCUT2D eigenvalue weighted by Crippen LogP contribution is -2.08. The van der Waals surface area contributed by atoms with Gasteiger partial charge in [0.2, 0.25) is 0 Å². The normalized spacial score (nSPS) is 10.9. The summed E-state index contributed by atoms with van der Waals surface area (Å²) < 4.78 is 3.68. The number of hydrogen-bond donors (Lipinski definition) is 1. The summed E-state index contributed by atoms with van der Waals surface area (Å²) in [5, 5.41) is 17.7. The van der Waals surface area contributed by atoms with Gasteiger partial charge in [-0.3, -0.25) is 9.36 Å². The zero-order valence-corrected chi connectivity index (χ0v) is 9.59.